The highest BCUT2D eigenvalue weighted by Gasteiger charge is 2.01. The lowest BCUT2D eigenvalue weighted by molar-refractivity contribution is -0.117. The van der Waals surface area contributed by atoms with Gasteiger partial charge in [-0.2, -0.15) is 23.5 Å². The number of ketones is 2. The minimum Gasteiger partial charge on any atom is -0.299 e. The third-order valence-corrected chi connectivity index (χ3v) is 5.62. The van der Waals surface area contributed by atoms with Crippen LogP contribution in [0.4, 0.5) is 0 Å². The molecule has 0 heterocycles. The summed E-state index contributed by atoms with van der Waals surface area (Å²) in [7, 11) is 0. The lowest BCUT2D eigenvalue weighted by Gasteiger charge is -2.03. The quantitative estimate of drug-likeness (QED) is 0.324. The molecular weight excluding hydrogens is 312 g/mol. The molecular formula is C18H34O2S2. The first-order valence-electron chi connectivity index (χ1n) is 8.89. The predicted octanol–water partition coefficient (Wildman–Crippen LogP) is 5.53. The first kappa shape index (κ1) is 22.0. The molecule has 0 aromatic carbocycles. The van der Waals surface area contributed by atoms with Crippen LogP contribution in [0.3, 0.4) is 0 Å². The van der Waals surface area contributed by atoms with Crippen molar-refractivity contribution in [2.75, 3.05) is 23.0 Å². The van der Waals surface area contributed by atoms with Gasteiger partial charge in [0.05, 0.1) is 11.5 Å². The predicted molar refractivity (Wildman–Crippen MR) is 102 cm³/mol. The Morgan fingerprint density at radius 2 is 1.00 bits per heavy atom. The Bertz CT molecular complexity index is 252. The minimum absolute atomic E-state index is 0.405. The van der Waals surface area contributed by atoms with Crippen molar-refractivity contribution in [3.05, 3.63) is 0 Å². The molecule has 22 heavy (non-hydrogen) atoms. The Kier molecular flexibility index (Phi) is 17.4. The summed E-state index contributed by atoms with van der Waals surface area (Å²) in [5.74, 6) is 4.49. The molecule has 0 fully saturated rings. The van der Waals surface area contributed by atoms with Crippen molar-refractivity contribution in [1.82, 2.24) is 0 Å². The average molecular weight is 347 g/mol. The summed E-state index contributed by atoms with van der Waals surface area (Å²) in [5, 5.41) is 0. The molecule has 0 atom stereocenters. The second kappa shape index (κ2) is 17.4. The van der Waals surface area contributed by atoms with E-state index in [4.69, 9.17) is 0 Å². The van der Waals surface area contributed by atoms with Crippen LogP contribution in [0.1, 0.15) is 78.1 Å². The van der Waals surface area contributed by atoms with E-state index in [-0.39, 0.29) is 0 Å². The van der Waals surface area contributed by atoms with Crippen LogP contribution in [0.25, 0.3) is 0 Å². The maximum absolute atomic E-state index is 11.3. The van der Waals surface area contributed by atoms with Gasteiger partial charge in [-0.3, -0.25) is 9.59 Å². The van der Waals surface area contributed by atoms with Gasteiger partial charge in [-0.15, -0.1) is 0 Å². The molecule has 0 unspecified atom stereocenters. The maximum atomic E-state index is 11.3. The molecule has 0 aromatic rings. The van der Waals surface area contributed by atoms with Gasteiger partial charge in [-0.25, -0.2) is 0 Å². The Morgan fingerprint density at radius 3 is 1.36 bits per heavy atom. The van der Waals surface area contributed by atoms with E-state index >= 15 is 0 Å². The molecule has 0 rings (SSSR count). The summed E-state index contributed by atoms with van der Waals surface area (Å²) in [5.41, 5.74) is 0. The first-order valence-corrected chi connectivity index (χ1v) is 11.2. The fourth-order valence-corrected chi connectivity index (χ4v) is 4.04. The highest BCUT2D eigenvalue weighted by atomic mass is 32.2. The molecule has 0 aliphatic carbocycles. The Labute approximate surface area is 146 Å². The van der Waals surface area contributed by atoms with Crippen molar-refractivity contribution >= 4 is 35.1 Å². The topological polar surface area (TPSA) is 34.1 Å². The fourth-order valence-electron chi connectivity index (χ4n) is 2.19. The normalized spacial score (nSPS) is 10.8. The second-order valence-corrected chi connectivity index (χ2v) is 8.01. The summed E-state index contributed by atoms with van der Waals surface area (Å²) < 4.78 is 0. The number of carbonyl (C=O) groups is 2. The van der Waals surface area contributed by atoms with Crippen LogP contribution in [0.2, 0.25) is 0 Å². The fraction of sp³-hybridized carbons (Fsp3) is 0.889. The van der Waals surface area contributed by atoms with Gasteiger partial charge in [-0.05, 0) is 37.2 Å². The van der Waals surface area contributed by atoms with Crippen LogP contribution in [0.5, 0.6) is 0 Å². The minimum atomic E-state index is 0.405. The third kappa shape index (κ3) is 16.4. The van der Waals surface area contributed by atoms with Gasteiger partial charge in [0.1, 0.15) is 11.6 Å². The van der Waals surface area contributed by atoms with Gasteiger partial charge in [0.25, 0.3) is 0 Å². The van der Waals surface area contributed by atoms with Crippen molar-refractivity contribution in [3.63, 3.8) is 0 Å². The van der Waals surface area contributed by atoms with Gasteiger partial charge in [0.15, 0.2) is 0 Å². The van der Waals surface area contributed by atoms with Gasteiger partial charge >= 0.3 is 0 Å². The smallest absolute Gasteiger partial charge is 0.142 e. The van der Waals surface area contributed by atoms with E-state index in [1.54, 1.807) is 23.5 Å². The highest BCUT2D eigenvalue weighted by molar-refractivity contribution is 8.00. The van der Waals surface area contributed by atoms with Crippen LogP contribution in [0.15, 0.2) is 0 Å². The van der Waals surface area contributed by atoms with Crippen LogP contribution >= 0.6 is 23.5 Å². The van der Waals surface area contributed by atoms with E-state index < -0.39 is 0 Å². The Morgan fingerprint density at radius 1 is 0.636 bits per heavy atom. The Balaban J connectivity index is 3.11. The summed E-state index contributed by atoms with van der Waals surface area (Å²) in [6.07, 6.45) is 11.1. The molecule has 130 valence electrons. The van der Waals surface area contributed by atoms with Gasteiger partial charge in [0, 0.05) is 12.8 Å². The largest absolute Gasteiger partial charge is 0.299 e. The second-order valence-electron chi connectivity index (χ2n) is 5.80. The molecule has 0 saturated heterocycles. The SMILES string of the molecule is CCCC(=O)CSCCCCCCCCSCC(=O)CCC. The molecule has 4 heteroatoms. The monoisotopic (exact) mass is 346 g/mol. The third-order valence-electron chi connectivity index (χ3n) is 3.41. The summed E-state index contributed by atoms with van der Waals surface area (Å²) >= 11 is 3.60. The zero-order valence-corrected chi connectivity index (χ0v) is 16.2. The number of rotatable bonds is 17. The lowest BCUT2D eigenvalue weighted by atomic mass is 10.1. The molecule has 0 radical (unpaired) electrons. The van der Waals surface area contributed by atoms with Crippen molar-refractivity contribution < 1.29 is 9.59 Å². The average Bonchev–Trinajstić information content (AvgIpc) is 2.49. The van der Waals surface area contributed by atoms with E-state index in [1.807, 2.05) is 0 Å². The van der Waals surface area contributed by atoms with Crippen molar-refractivity contribution in [2.45, 2.75) is 78.1 Å². The summed E-state index contributed by atoms with van der Waals surface area (Å²) in [6, 6.07) is 0. The maximum Gasteiger partial charge on any atom is 0.142 e. The van der Waals surface area contributed by atoms with E-state index in [1.165, 1.54) is 38.5 Å². The summed E-state index contributed by atoms with van der Waals surface area (Å²) in [4.78, 5) is 22.7. The van der Waals surface area contributed by atoms with Crippen LogP contribution in [-0.2, 0) is 9.59 Å². The number of carbonyl (C=O) groups excluding carboxylic acids is 2. The van der Waals surface area contributed by atoms with Gasteiger partial charge in [-0.1, -0.05) is 39.5 Å². The molecule has 0 aromatic heterocycles. The van der Waals surface area contributed by atoms with Crippen molar-refractivity contribution in [3.8, 4) is 0 Å². The number of unbranched alkanes of at least 4 members (excludes halogenated alkanes) is 5. The van der Waals surface area contributed by atoms with E-state index in [0.717, 1.165) is 37.2 Å². The van der Waals surface area contributed by atoms with E-state index in [0.29, 0.717) is 23.1 Å². The van der Waals surface area contributed by atoms with Crippen LogP contribution < -0.4 is 0 Å². The molecule has 0 aliphatic rings. The van der Waals surface area contributed by atoms with Crippen molar-refractivity contribution in [1.29, 1.82) is 0 Å². The molecule has 0 amide bonds. The van der Waals surface area contributed by atoms with Crippen LogP contribution in [-0.4, -0.2) is 34.6 Å². The van der Waals surface area contributed by atoms with E-state index in [9.17, 15) is 9.59 Å². The van der Waals surface area contributed by atoms with Gasteiger partial charge in [0.2, 0.25) is 0 Å². The molecule has 0 N–H and O–H groups in total. The molecule has 2 nitrogen and oxygen atoms in total. The number of Topliss-reactive ketones (excluding diaryl/α,β-unsaturated/α-hetero) is 2. The number of thioether (sulfide) groups is 2. The number of hydrogen-bond donors (Lipinski definition) is 0. The molecule has 0 aliphatic heterocycles. The molecule has 0 bridgehead atoms. The highest BCUT2D eigenvalue weighted by Crippen LogP contribution is 2.12. The zero-order valence-electron chi connectivity index (χ0n) is 14.5. The number of hydrogen-bond acceptors (Lipinski definition) is 4. The van der Waals surface area contributed by atoms with Crippen LogP contribution in [0, 0.1) is 0 Å². The first-order chi connectivity index (χ1) is 10.7. The Hall–Kier alpha value is 0.0400. The van der Waals surface area contributed by atoms with Crippen molar-refractivity contribution in [2.24, 2.45) is 0 Å². The van der Waals surface area contributed by atoms with Gasteiger partial charge < -0.3 is 0 Å². The standard InChI is InChI=1S/C18H34O2S2/c1-3-11-17(19)15-21-13-9-7-5-6-8-10-14-22-16-18(20)12-4-2/h3-16H2,1-2H3. The molecule has 0 spiro atoms. The van der Waals surface area contributed by atoms with E-state index in [2.05, 4.69) is 13.8 Å². The summed E-state index contributed by atoms with van der Waals surface area (Å²) in [6.45, 7) is 4.12. The molecule has 0 saturated carbocycles. The lowest BCUT2D eigenvalue weighted by Crippen LogP contribution is -2.01. The zero-order chi connectivity index (χ0) is 16.5.